The lowest BCUT2D eigenvalue weighted by atomic mass is 9.97. The van der Waals surface area contributed by atoms with Crippen LogP contribution in [-0.4, -0.2) is 4.57 Å². The second-order valence-corrected chi connectivity index (χ2v) is 14.6. The Hall–Kier alpha value is -7.62. The predicted molar refractivity (Wildman–Crippen MR) is 240 cm³/mol. The van der Waals surface area contributed by atoms with E-state index in [2.05, 4.69) is 216 Å². The molecule has 0 fully saturated rings. The van der Waals surface area contributed by atoms with E-state index in [1.54, 1.807) is 0 Å². The number of hydrogen-bond donors (Lipinski definition) is 1. The average molecular weight is 729 g/mol. The Labute approximate surface area is 330 Å². The summed E-state index contributed by atoms with van der Waals surface area (Å²) in [5.74, 6) is 0. The highest BCUT2D eigenvalue weighted by Crippen LogP contribution is 2.42. The molecule has 0 radical (unpaired) electrons. The molecule has 0 atom stereocenters. The first kappa shape index (κ1) is 32.8. The lowest BCUT2D eigenvalue weighted by Gasteiger charge is -2.14. The molecular weight excluding hydrogens is 693 g/mol. The highest BCUT2D eigenvalue weighted by molar-refractivity contribution is 6.22. The van der Waals surface area contributed by atoms with Crippen LogP contribution in [0.15, 0.2) is 217 Å². The number of hydrogen-bond acceptors (Lipinski definition) is 2. The molecule has 0 spiro atoms. The molecule has 3 nitrogen and oxygen atoms in total. The molecule has 268 valence electrons. The zero-order valence-electron chi connectivity index (χ0n) is 31.1. The molecule has 0 aliphatic carbocycles. The van der Waals surface area contributed by atoms with E-state index in [-0.39, 0.29) is 0 Å². The smallest absolute Gasteiger partial charge is 0.160 e. The molecule has 11 rings (SSSR count). The fourth-order valence-corrected chi connectivity index (χ4v) is 8.43. The number of aromatic nitrogens is 1. The summed E-state index contributed by atoms with van der Waals surface area (Å²) in [7, 11) is 0. The van der Waals surface area contributed by atoms with Crippen LogP contribution in [0, 0.1) is 0 Å². The minimum absolute atomic E-state index is 0.895. The molecule has 1 N–H and O–H groups in total. The summed E-state index contributed by atoms with van der Waals surface area (Å²) in [5.41, 5.74) is 16.6. The highest BCUT2D eigenvalue weighted by atomic mass is 16.3. The maximum absolute atomic E-state index is 6.70. The average Bonchev–Trinajstić information content (AvgIpc) is 3.83. The van der Waals surface area contributed by atoms with Crippen molar-refractivity contribution in [2.75, 3.05) is 5.32 Å². The standard InChI is InChI=1S/C54H36N2O/c1-3-13-36(14-4-1)38-25-28-43(29-26-38)55-50-23-9-7-21-45(50)42-19-11-17-39(33-42)41-27-32-51-49(35-41)47-30-31-48-46-22-8-10-24-52(46)57-54(48)53(47)56(51)44-20-12-18-40(34-44)37-15-5-2-6-16-37/h1-35,55H. The molecule has 0 saturated heterocycles. The normalized spacial score (nSPS) is 11.5. The van der Waals surface area contributed by atoms with Gasteiger partial charge in [0.2, 0.25) is 0 Å². The summed E-state index contributed by atoms with van der Waals surface area (Å²) in [6.07, 6.45) is 0. The van der Waals surface area contributed by atoms with E-state index in [1.165, 1.54) is 27.6 Å². The molecule has 57 heavy (non-hydrogen) atoms. The quantitative estimate of drug-likeness (QED) is 0.177. The molecule has 9 aromatic carbocycles. The lowest BCUT2D eigenvalue weighted by molar-refractivity contribution is 0.671. The Morgan fingerprint density at radius 2 is 0.965 bits per heavy atom. The van der Waals surface area contributed by atoms with Crippen LogP contribution in [0.3, 0.4) is 0 Å². The van der Waals surface area contributed by atoms with Gasteiger partial charge in [-0.2, -0.15) is 0 Å². The Balaban J connectivity index is 1.02. The maximum Gasteiger partial charge on any atom is 0.160 e. The molecular formula is C54H36N2O. The van der Waals surface area contributed by atoms with Gasteiger partial charge in [0, 0.05) is 44.2 Å². The third kappa shape index (κ3) is 5.76. The van der Waals surface area contributed by atoms with Gasteiger partial charge in [0.05, 0.1) is 11.0 Å². The van der Waals surface area contributed by atoms with Crippen molar-refractivity contribution in [3.05, 3.63) is 212 Å². The Morgan fingerprint density at radius 3 is 1.79 bits per heavy atom. The van der Waals surface area contributed by atoms with Crippen molar-refractivity contribution in [3.63, 3.8) is 0 Å². The van der Waals surface area contributed by atoms with Crippen molar-refractivity contribution < 1.29 is 4.42 Å². The summed E-state index contributed by atoms with van der Waals surface area (Å²) < 4.78 is 9.09. The van der Waals surface area contributed by atoms with Gasteiger partial charge in [-0.3, -0.25) is 0 Å². The van der Waals surface area contributed by atoms with E-state index < -0.39 is 0 Å². The third-order valence-electron chi connectivity index (χ3n) is 11.2. The minimum atomic E-state index is 0.895. The first-order chi connectivity index (χ1) is 28.2. The van der Waals surface area contributed by atoms with Crippen molar-refractivity contribution in [1.82, 2.24) is 4.57 Å². The van der Waals surface area contributed by atoms with Gasteiger partial charge in [0.1, 0.15) is 5.58 Å². The predicted octanol–water partition coefficient (Wildman–Crippen LogP) is 15.1. The minimum Gasteiger partial charge on any atom is -0.454 e. The van der Waals surface area contributed by atoms with Crippen LogP contribution in [0.5, 0.6) is 0 Å². The van der Waals surface area contributed by atoms with Gasteiger partial charge in [0.15, 0.2) is 5.58 Å². The van der Waals surface area contributed by atoms with Crippen LogP contribution < -0.4 is 5.32 Å². The number of benzene rings is 9. The summed E-state index contributed by atoms with van der Waals surface area (Å²) >= 11 is 0. The van der Waals surface area contributed by atoms with Gasteiger partial charge in [-0.15, -0.1) is 0 Å². The SMILES string of the molecule is c1ccc(-c2ccc(Nc3ccccc3-c3cccc(-c4ccc5c(c4)c4ccc6c7ccccc7oc6c4n5-c4cccc(-c5ccccc5)c4)c3)cc2)cc1. The molecule has 0 bridgehead atoms. The van der Waals surface area contributed by atoms with E-state index in [0.29, 0.717) is 0 Å². The zero-order valence-corrected chi connectivity index (χ0v) is 31.1. The topological polar surface area (TPSA) is 30.1 Å². The summed E-state index contributed by atoms with van der Waals surface area (Å²) in [6.45, 7) is 0. The Kier molecular flexibility index (Phi) is 7.82. The molecule has 0 amide bonds. The van der Waals surface area contributed by atoms with Gasteiger partial charge in [0.25, 0.3) is 0 Å². The first-order valence-corrected chi connectivity index (χ1v) is 19.4. The fourth-order valence-electron chi connectivity index (χ4n) is 8.43. The molecule has 2 heterocycles. The van der Waals surface area contributed by atoms with E-state index in [4.69, 9.17) is 4.42 Å². The largest absolute Gasteiger partial charge is 0.454 e. The molecule has 0 saturated carbocycles. The van der Waals surface area contributed by atoms with Gasteiger partial charge in [-0.1, -0.05) is 152 Å². The van der Waals surface area contributed by atoms with E-state index in [0.717, 1.165) is 77.7 Å². The number of fused-ring (bicyclic) bond motifs is 7. The summed E-state index contributed by atoms with van der Waals surface area (Å²) in [4.78, 5) is 0. The van der Waals surface area contributed by atoms with Gasteiger partial charge >= 0.3 is 0 Å². The lowest BCUT2D eigenvalue weighted by Crippen LogP contribution is -1.95. The number of furan rings is 1. The summed E-state index contributed by atoms with van der Waals surface area (Å²) in [5, 5.41) is 8.28. The highest BCUT2D eigenvalue weighted by Gasteiger charge is 2.20. The van der Waals surface area contributed by atoms with E-state index >= 15 is 0 Å². The Bertz CT molecular complexity index is 3250. The number of para-hydroxylation sites is 2. The van der Waals surface area contributed by atoms with Gasteiger partial charge in [-0.25, -0.2) is 0 Å². The van der Waals surface area contributed by atoms with Crippen molar-refractivity contribution in [2.24, 2.45) is 0 Å². The van der Waals surface area contributed by atoms with E-state index in [1.807, 2.05) is 6.07 Å². The Morgan fingerprint density at radius 1 is 0.368 bits per heavy atom. The van der Waals surface area contributed by atoms with Crippen molar-refractivity contribution in [1.29, 1.82) is 0 Å². The van der Waals surface area contributed by atoms with Crippen LogP contribution >= 0.6 is 0 Å². The maximum atomic E-state index is 6.70. The molecule has 0 aliphatic rings. The molecule has 3 heteroatoms. The van der Waals surface area contributed by atoms with Crippen LogP contribution in [0.4, 0.5) is 11.4 Å². The zero-order chi connectivity index (χ0) is 37.7. The van der Waals surface area contributed by atoms with Crippen LogP contribution in [0.1, 0.15) is 0 Å². The number of rotatable bonds is 7. The molecule has 11 aromatic rings. The molecule has 0 unspecified atom stereocenters. The van der Waals surface area contributed by atoms with Crippen LogP contribution in [-0.2, 0) is 0 Å². The number of nitrogens with one attached hydrogen (secondary N) is 1. The van der Waals surface area contributed by atoms with Crippen molar-refractivity contribution in [2.45, 2.75) is 0 Å². The molecule has 2 aromatic heterocycles. The monoisotopic (exact) mass is 728 g/mol. The third-order valence-corrected chi connectivity index (χ3v) is 11.2. The summed E-state index contributed by atoms with van der Waals surface area (Å²) in [6, 6.07) is 75.7. The van der Waals surface area contributed by atoms with Gasteiger partial charge in [-0.05, 0) is 99.6 Å². The van der Waals surface area contributed by atoms with E-state index in [9.17, 15) is 0 Å². The van der Waals surface area contributed by atoms with Crippen LogP contribution in [0.25, 0.3) is 93.9 Å². The number of anilines is 2. The second-order valence-electron chi connectivity index (χ2n) is 14.6. The molecule has 0 aliphatic heterocycles. The first-order valence-electron chi connectivity index (χ1n) is 19.4. The van der Waals surface area contributed by atoms with Crippen molar-refractivity contribution in [3.8, 4) is 50.2 Å². The van der Waals surface area contributed by atoms with Gasteiger partial charge < -0.3 is 14.3 Å². The van der Waals surface area contributed by atoms with Crippen molar-refractivity contribution >= 4 is 55.1 Å². The second kappa shape index (κ2) is 13.6. The van der Waals surface area contributed by atoms with Crippen LogP contribution in [0.2, 0.25) is 0 Å². The number of nitrogens with zero attached hydrogens (tertiary/aromatic N) is 1. The fraction of sp³-hybridized carbons (Fsp3) is 0.